The van der Waals surface area contributed by atoms with Gasteiger partial charge in [0.05, 0.1) is 4.90 Å². The van der Waals surface area contributed by atoms with E-state index >= 15 is 0 Å². The van der Waals surface area contributed by atoms with E-state index in [2.05, 4.69) is 20.8 Å². The number of rotatable bonds is 3. The van der Waals surface area contributed by atoms with Crippen LogP contribution in [0.2, 0.25) is 0 Å². The lowest BCUT2D eigenvalue weighted by atomic mass is 9.87. The second-order valence-electron chi connectivity index (χ2n) is 8.11. The first-order valence-electron chi connectivity index (χ1n) is 8.84. The quantitative estimate of drug-likeness (QED) is 0.826. The summed E-state index contributed by atoms with van der Waals surface area (Å²) in [5, 5.41) is 0. The van der Waals surface area contributed by atoms with Crippen LogP contribution in [-0.2, 0) is 20.2 Å². The smallest absolute Gasteiger partial charge is 0.243 e. The highest BCUT2D eigenvalue weighted by atomic mass is 32.2. The second kappa shape index (κ2) is 7.08. The van der Waals surface area contributed by atoms with Gasteiger partial charge in [0.2, 0.25) is 15.9 Å². The average molecular weight is 367 g/mol. The summed E-state index contributed by atoms with van der Waals surface area (Å²) in [6.07, 6.45) is 0. The number of sulfonamides is 1. The van der Waals surface area contributed by atoms with Gasteiger partial charge in [-0.05, 0) is 29.5 Å². The van der Waals surface area contributed by atoms with E-state index in [4.69, 9.17) is 0 Å². The van der Waals surface area contributed by atoms with Crippen molar-refractivity contribution in [3.05, 3.63) is 29.3 Å². The molecule has 1 aromatic rings. The molecule has 0 radical (unpaired) electrons. The molecule has 1 saturated heterocycles. The molecule has 0 atom stereocenters. The Morgan fingerprint density at radius 1 is 1.08 bits per heavy atom. The van der Waals surface area contributed by atoms with Crippen molar-refractivity contribution in [1.82, 2.24) is 9.21 Å². The van der Waals surface area contributed by atoms with Gasteiger partial charge in [0, 0.05) is 32.1 Å². The number of piperazine rings is 1. The van der Waals surface area contributed by atoms with E-state index < -0.39 is 10.0 Å². The highest BCUT2D eigenvalue weighted by molar-refractivity contribution is 7.89. The molecule has 5 nitrogen and oxygen atoms in total. The molecule has 0 bridgehead atoms. The predicted octanol–water partition coefficient (Wildman–Crippen LogP) is 2.78. The Morgan fingerprint density at radius 2 is 1.64 bits per heavy atom. The van der Waals surface area contributed by atoms with Crippen LogP contribution in [0.25, 0.3) is 0 Å². The van der Waals surface area contributed by atoms with E-state index in [-0.39, 0.29) is 17.2 Å². The number of carbonyl (C=O) groups excluding carboxylic acids is 1. The molecule has 2 rings (SSSR count). The molecule has 25 heavy (non-hydrogen) atoms. The Hall–Kier alpha value is -1.40. The van der Waals surface area contributed by atoms with E-state index in [0.29, 0.717) is 31.1 Å². The number of hydrogen-bond donors (Lipinski definition) is 0. The second-order valence-corrected chi connectivity index (χ2v) is 10.0. The molecule has 0 aromatic heterocycles. The van der Waals surface area contributed by atoms with Gasteiger partial charge in [-0.3, -0.25) is 4.79 Å². The fourth-order valence-corrected chi connectivity index (χ4v) is 4.67. The van der Waals surface area contributed by atoms with Gasteiger partial charge < -0.3 is 4.90 Å². The van der Waals surface area contributed by atoms with Crippen LogP contribution in [0.3, 0.4) is 0 Å². The van der Waals surface area contributed by atoms with Gasteiger partial charge in [0.25, 0.3) is 0 Å². The van der Waals surface area contributed by atoms with E-state index in [1.54, 1.807) is 11.0 Å². The number of aryl methyl sites for hydroxylation is 1. The van der Waals surface area contributed by atoms with Gasteiger partial charge in [-0.1, -0.05) is 46.8 Å². The fraction of sp³-hybridized carbons (Fsp3) is 0.632. The molecule has 0 unspecified atom stereocenters. The van der Waals surface area contributed by atoms with Crippen molar-refractivity contribution in [3.8, 4) is 0 Å². The zero-order chi connectivity index (χ0) is 19.0. The highest BCUT2D eigenvalue weighted by Gasteiger charge is 2.32. The molecule has 0 N–H and O–H groups in total. The number of hydrogen-bond acceptors (Lipinski definition) is 3. The van der Waals surface area contributed by atoms with Gasteiger partial charge in [-0.15, -0.1) is 0 Å². The lowest BCUT2D eigenvalue weighted by molar-refractivity contribution is -0.135. The third kappa shape index (κ3) is 4.23. The third-order valence-corrected chi connectivity index (χ3v) is 6.76. The number of amides is 1. The van der Waals surface area contributed by atoms with Crippen molar-refractivity contribution in [2.45, 2.75) is 51.9 Å². The summed E-state index contributed by atoms with van der Waals surface area (Å²) < 4.78 is 27.7. The minimum atomic E-state index is -3.55. The minimum absolute atomic E-state index is 0.0612. The Bertz CT molecular complexity index is 740. The van der Waals surface area contributed by atoms with Crippen molar-refractivity contribution in [2.24, 2.45) is 5.92 Å². The molecular weight excluding hydrogens is 336 g/mol. The summed E-state index contributed by atoms with van der Waals surface area (Å²) in [7, 11) is -3.55. The lowest BCUT2D eigenvalue weighted by Gasteiger charge is -2.35. The molecule has 0 aliphatic carbocycles. The standard InChI is InChI=1S/C19H30N2O3S/c1-14(2)18(22)20-9-11-21(12-10-20)25(23,24)17-13-16(19(4,5)6)8-7-15(17)3/h7-8,13-14H,9-12H2,1-6H3. The van der Waals surface area contributed by atoms with Gasteiger partial charge in [-0.2, -0.15) is 4.31 Å². The molecule has 0 spiro atoms. The molecule has 1 aliphatic rings. The Morgan fingerprint density at radius 3 is 2.12 bits per heavy atom. The fourth-order valence-electron chi connectivity index (χ4n) is 3.00. The average Bonchev–Trinajstić information content (AvgIpc) is 2.53. The Balaban J connectivity index is 2.25. The zero-order valence-corrected chi connectivity index (χ0v) is 17.0. The first-order chi connectivity index (χ1) is 11.4. The number of benzene rings is 1. The maximum atomic E-state index is 13.1. The van der Waals surface area contributed by atoms with Gasteiger partial charge in [-0.25, -0.2) is 8.42 Å². The Labute approximate surface area is 152 Å². The summed E-state index contributed by atoms with van der Waals surface area (Å²) in [5.74, 6) is 0.0248. The van der Waals surface area contributed by atoms with Crippen LogP contribution in [0.15, 0.2) is 23.1 Å². The molecule has 1 aromatic carbocycles. The number of carbonyl (C=O) groups is 1. The largest absolute Gasteiger partial charge is 0.340 e. The monoisotopic (exact) mass is 366 g/mol. The molecule has 1 aliphatic heterocycles. The molecule has 1 heterocycles. The molecule has 0 saturated carbocycles. The van der Waals surface area contributed by atoms with E-state index in [1.807, 2.05) is 32.9 Å². The first-order valence-corrected chi connectivity index (χ1v) is 10.3. The van der Waals surface area contributed by atoms with Crippen LogP contribution in [-0.4, -0.2) is 49.7 Å². The van der Waals surface area contributed by atoms with Crippen molar-refractivity contribution in [1.29, 1.82) is 0 Å². The summed E-state index contributed by atoms with van der Waals surface area (Å²) in [5.41, 5.74) is 1.65. The predicted molar refractivity (Wildman–Crippen MR) is 100 cm³/mol. The molecule has 6 heteroatoms. The minimum Gasteiger partial charge on any atom is -0.340 e. The summed E-state index contributed by atoms with van der Waals surface area (Å²) in [6.45, 7) is 13.4. The maximum Gasteiger partial charge on any atom is 0.243 e. The van der Waals surface area contributed by atoms with Crippen LogP contribution < -0.4 is 0 Å². The van der Waals surface area contributed by atoms with Crippen LogP contribution in [0.5, 0.6) is 0 Å². The highest BCUT2D eigenvalue weighted by Crippen LogP contribution is 2.28. The molecule has 1 amide bonds. The normalized spacial score (nSPS) is 17.2. The summed E-state index contributed by atoms with van der Waals surface area (Å²) in [6, 6.07) is 5.68. The molecule has 1 fully saturated rings. The van der Waals surface area contributed by atoms with Gasteiger partial charge >= 0.3 is 0 Å². The van der Waals surface area contributed by atoms with Crippen molar-refractivity contribution < 1.29 is 13.2 Å². The molecule has 140 valence electrons. The van der Waals surface area contributed by atoms with Crippen molar-refractivity contribution in [3.63, 3.8) is 0 Å². The van der Waals surface area contributed by atoms with Crippen LogP contribution >= 0.6 is 0 Å². The van der Waals surface area contributed by atoms with E-state index in [0.717, 1.165) is 11.1 Å². The summed E-state index contributed by atoms with van der Waals surface area (Å²) in [4.78, 5) is 14.2. The van der Waals surface area contributed by atoms with Crippen LogP contribution in [0.1, 0.15) is 45.7 Å². The van der Waals surface area contributed by atoms with E-state index in [1.165, 1.54) is 4.31 Å². The topological polar surface area (TPSA) is 57.7 Å². The molecular formula is C19H30N2O3S. The third-order valence-electron chi connectivity index (χ3n) is 4.72. The van der Waals surface area contributed by atoms with Gasteiger partial charge in [0.1, 0.15) is 0 Å². The van der Waals surface area contributed by atoms with Crippen LogP contribution in [0.4, 0.5) is 0 Å². The zero-order valence-electron chi connectivity index (χ0n) is 16.2. The maximum absolute atomic E-state index is 13.1. The van der Waals surface area contributed by atoms with Crippen molar-refractivity contribution in [2.75, 3.05) is 26.2 Å². The number of nitrogens with zero attached hydrogens (tertiary/aromatic N) is 2. The first kappa shape index (κ1) is 19.9. The Kier molecular flexibility index (Phi) is 5.64. The van der Waals surface area contributed by atoms with Crippen LogP contribution in [0, 0.1) is 12.8 Å². The summed E-state index contributed by atoms with van der Waals surface area (Å²) >= 11 is 0. The van der Waals surface area contributed by atoms with E-state index in [9.17, 15) is 13.2 Å². The SMILES string of the molecule is Cc1ccc(C(C)(C)C)cc1S(=O)(=O)N1CCN(C(=O)C(C)C)CC1. The lowest BCUT2D eigenvalue weighted by Crippen LogP contribution is -2.51. The van der Waals surface area contributed by atoms with Gasteiger partial charge in [0.15, 0.2) is 0 Å². The van der Waals surface area contributed by atoms with Crippen molar-refractivity contribution >= 4 is 15.9 Å².